The van der Waals surface area contributed by atoms with Gasteiger partial charge in [-0.05, 0) is 64.7 Å². The van der Waals surface area contributed by atoms with E-state index in [0.717, 1.165) is 33.9 Å². The van der Waals surface area contributed by atoms with Gasteiger partial charge in [-0.15, -0.1) is 0 Å². The monoisotopic (exact) mass is 598 g/mol. The maximum Gasteiger partial charge on any atom is 0.245 e. The molecule has 0 aromatic heterocycles. The molecule has 2 atom stereocenters. The molecule has 1 aliphatic heterocycles. The lowest BCUT2D eigenvalue weighted by atomic mass is 10.0. The number of likely N-dealkylation sites (tertiary alicyclic amines) is 1. The van der Waals surface area contributed by atoms with E-state index < -0.39 is 12.1 Å². The molecule has 1 fully saturated rings. The SMILES string of the molecule is CN(Cc1ccc2ccccc2c1)C(=O)[C@H](Cc1ccccc1)NC(=O)[C@@H]1CCCN1C(=S)NCc1ccccc1Cl. The highest BCUT2D eigenvalue weighted by Gasteiger charge is 2.35. The van der Waals surface area contributed by atoms with E-state index in [4.69, 9.17) is 23.8 Å². The molecule has 1 heterocycles. The molecule has 0 unspecified atom stereocenters. The Morgan fingerprint density at radius 2 is 1.67 bits per heavy atom. The zero-order valence-corrected chi connectivity index (χ0v) is 25.2. The molecule has 2 amide bonds. The van der Waals surface area contributed by atoms with Crippen molar-refractivity contribution in [2.45, 2.75) is 44.4 Å². The van der Waals surface area contributed by atoms with Crippen LogP contribution in [0.15, 0.2) is 97.1 Å². The first-order chi connectivity index (χ1) is 20.4. The Morgan fingerprint density at radius 1 is 0.952 bits per heavy atom. The third-order valence-electron chi connectivity index (χ3n) is 7.71. The second-order valence-electron chi connectivity index (χ2n) is 10.7. The van der Waals surface area contributed by atoms with Crippen LogP contribution in [-0.4, -0.2) is 52.4 Å². The first-order valence-electron chi connectivity index (χ1n) is 14.2. The van der Waals surface area contributed by atoms with Gasteiger partial charge in [-0.25, -0.2) is 0 Å². The van der Waals surface area contributed by atoms with Gasteiger partial charge in [0.05, 0.1) is 0 Å². The van der Waals surface area contributed by atoms with Crippen LogP contribution >= 0.6 is 23.8 Å². The summed E-state index contributed by atoms with van der Waals surface area (Å²) in [6, 6.07) is 30.6. The smallest absolute Gasteiger partial charge is 0.245 e. The number of nitrogens with zero attached hydrogens (tertiary/aromatic N) is 2. The van der Waals surface area contributed by atoms with E-state index >= 15 is 0 Å². The molecule has 0 bridgehead atoms. The van der Waals surface area contributed by atoms with Gasteiger partial charge in [0.15, 0.2) is 5.11 Å². The molecule has 1 saturated heterocycles. The molecule has 216 valence electrons. The average Bonchev–Trinajstić information content (AvgIpc) is 3.51. The topological polar surface area (TPSA) is 64.7 Å². The van der Waals surface area contributed by atoms with Gasteiger partial charge in [0, 0.05) is 38.1 Å². The van der Waals surface area contributed by atoms with Gasteiger partial charge in [0.2, 0.25) is 11.8 Å². The fourth-order valence-electron chi connectivity index (χ4n) is 5.47. The number of likely N-dealkylation sites (N-methyl/N-ethyl adjacent to an activating group) is 1. The molecule has 6 nitrogen and oxygen atoms in total. The van der Waals surface area contributed by atoms with Crippen molar-refractivity contribution in [2.24, 2.45) is 0 Å². The fourth-order valence-corrected chi connectivity index (χ4v) is 5.96. The van der Waals surface area contributed by atoms with Crippen LogP contribution in [0, 0.1) is 0 Å². The number of fused-ring (bicyclic) bond motifs is 1. The number of carbonyl (C=O) groups is 2. The Labute approximate surface area is 257 Å². The maximum atomic E-state index is 13.8. The van der Waals surface area contributed by atoms with Gasteiger partial charge in [0.1, 0.15) is 12.1 Å². The molecule has 0 aliphatic carbocycles. The molecule has 4 aromatic carbocycles. The molecule has 1 aliphatic rings. The summed E-state index contributed by atoms with van der Waals surface area (Å²) in [6.07, 6.45) is 1.90. The van der Waals surface area contributed by atoms with Crippen LogP contribution < -0.4 is 10.6 Å². The summed E-state index contributed by atoms with van der Waals surface area (Å²) in [5.74, 6) is -0.327. The molecule has 2 N–H and O–H groups in total. The highest BCUT2D eigenvalue weighted by atomic mass is 35.5. The highest BCUT2D eigenvalue weighted by Crippen LogP contribution is 2.21. The lowest BCUT2D eigenvalue weighted by molar-refractivity contribution is -0.136. The minimum Gasteiger partial charge on any atom is -0.358 e. The molecule has 4 aromatic rings. The lowest BCUT2D eigenvalue weighted by Gasteiger charge is -2.30. The largest absolute Gasteiger partial charge is 0.358 e. The number of amides is 2. The Bertz CT molecular complexity index is 1560. The van der Waals surface area contributed by atoms with Crippen LogP contribution in [0.3, 0.4) is 0 Å². The van der Waals surface area contributed by atoms with Crippen molar-refractivity contribution >= 4 is 51.5 Å². The van der Waals surface area contributed by atoms with Crippen LogP contribution in [0.2, 0.25) is 5.02 Å². The van der Waals surface area contributed by atoms with E-state index in [1.165, 1.54) is 0 Å². The number of carbonyl (C=O) groups excluding carboxylic acids is 2. The van der Waals surface area contributed by atoms with Crippen LogP contribution in [0.1, 0.15) is 29.5 Å². The average molecular weight is 599 g/mol. The van der Waals surface area contributed by atoms with E-state index in [-0.39, 0.29) is 11.8 Å². The lowest BCUT2D eigenvalue weighted by Crippen LogP contribution is -2.55. The molecule has 42 heavy (non-hydrogen) atoms. The predicted octanol–water partition coefficient (Wildman–Crippen LogP) is 5.72. The van der Waals surface area contributed by atoms with Crippen LogP contribution in [0.25, 0.3) is 10.8 Å². The number of benzene rings is 4. The van der Waals surface area contributed by atoms with Gasteiger partial charge in [0.25, 0.3) is 0 Å². The minimum absolute atomic E-state index is 0.135. The minimum atomic E-state index is -0.711. The summed E-state index contributed by atoms with van der Waals surface area (Å²) >= 11 is 12.0. The normalized spacial score (nSPS) is 15.3. The zero-order valence-electron chi connectivity index (χ0n) is 23.6. The maximum absolute atomic E-state index is 13.8. The molecular weight excluding hydrogens is 564 g/mol. The van der Waals surface area contributed by atoms with Crippen molar-refractivity contribution in [1.29, 1.82) is 0 Å². The highest BCUT2D eigenvalue weighted by molar-refractivity contribution is 7.80. The van der Waals surface area contributed by atoms with Crippen molar-refractivity contribution in [2.75, 3.05) is 13.6 Å². The number of nitrogens with one attached hydrogen (secondary N) is 2. The van der Waals surface area contributed by atoms with Gasteiger partial charge in [-0.1, -0.05) is 96.5 Å². The van der Waals surface area contributed by atoms with E-state index in [1.807, 2.05) is 77.7 Å². The second-order valence-corrected chi connectivity index (χ2v) is 11.5. The van der Waals surface area contributed by atoms with Crippen molar-refractivity contribution < 1.29 is 9.59 Å². The summed E-state index contributed by atoms with van der Waals surface area (Å²) < 4.78 is 0. The Kier molecular flexibility index (Phi) is 9.72. The van der Waals surface area contributed by atoms with Crippen LogP contribution in [-0.2, 0) is 29.1 Å². The van der Waals surface area contributed by atoms with Gasteiger partial charge in [-0.2, -0.15) is 0 Å². The molecule has 0 spiro atoms. The van der Waals surface area contributed by atoms with Crippen LogP contribution in [0.4, 0.5) is 0 Å². The van der Waals surface area contributed by atoms with Crippen LogP contribution in [0.5, 0.6) is 0 Å². The van der Waals surface area contributed by atoms with Crippen molar-refractivity contribution in [3.8, 4) is 0 Å². The quantitative estimate of drug-likeness (QED) is 0.241. The summed E-state index contributed by atoms with van der Waals surface area (Å²) in [5.41, 5.74) is 2.95. The van der Waals surface area contributed by atoms with Gasteiger partial charge >= 0.3 is 0 Å². The Hall–Kier alpha value is -3.94. The van der Waals surface area contributed by atoms with E-state index in [0.29, 0.717) is 42.6 Å². The van der Waals surface area contributed by atoms with Crippen molar-refractivity contribution in [3.63, 3.8) is 0 Å². The Morgan fingerprint density at radius 3 is 2.45 bits per heavy atom. The summed E-state index contributed by atoms with van der Waals surface area (Å²) in [4.78, 5) is 31.1. The third-order valence-corrected chi connectivity index (χ3v) is 8.46. The number of thiocarbonyl (C=S) groups is 1. The van der Waals surface area contributed by atoms with Crippen molar-refractivity contribution in [3.05, 3.63) is 119 Å². The number of rotatable bonds is 9. The molecule has 5 rings (SSSR count). The fraction of sp³-hybridized carbons (Fsp3) is 0.265. The van der Waals surface area contributed by atoms with Gasteiger partial charge < -0.3 is 20.4 Å². The third kappa shape index (κ3) is 7.27. The number of hydrogen-bond donors (Lipinski definition) is 2. The predicted molar refractivity (Wildman–Crippen MR) is 173 cm³/mol. The van der Waals surface area contributed by atoms with E-state index in [9.17, 15) is 9.59 Å². The van der Waals surface area contributed by atoms with E-state index in [2.05, 4.69) is 34.9 Å². The summed E-state index contributed by atoms with van der Waals surface area (Å²) in [7, 11) is 1.79. The first-order valence-corrected chi connectivity index (χ1v) is 15.0. The van der Waals surface area contributed by atoms with Crippen molar-refractivity contribution in [1.82, 2.24) is 20.4 Å². The zero-order chi connectivity index (χ0) is 29.5. The molecule has 8 heteroatoms. The number of hydrogen-bond acceptors (Lipinski definition) is 3. The number of halogens is 1. The first kappa shape index (κ1) is 29.5. The van der Waals surface area contributed by atoms with E-state index in [1.54, 1.807) is 11.9 Å². The summed E-state index contributed by atoms with van der Waals surface area (Å²) in [6.45, 7) is 1.58. The summed E-state index contributed by atoms with van der Waals surface area (Å²) in [5, 5.41) is 9.81. The second kappa shape index (κ2) is 13.8. The molecule has 0 radical (unpaired) electrons. The molecule has 0 saturated carbocycles. The Balaban J connectivity index is 1.27. The standard InChI is InChI=1S/C34H35ClN4O2S/c1-38(23-25-17-18-26-12-5-6-13-27(26)20-25)33(41)30(21-24-10-3-2-4-11-24)37-32(40)31-16-9-19-39(31)34(42)36-22-28-14-7-8-15-29(28)35/h2-8,10-15,17-18,20,30-31H,9,16,19,21-23H2,1H3,(H,36,42)(H,37,40)/t30-,31-/m0/s1. The van der Waals surface area contributed by atoms with Gasteiger partial charge in [-0.3, -0.25) is 9.59 Å². The molecular formula is C34H35ClN4O2S.